The molecule has 0 spiro atoms. The van der Waals surface area contributed by atoms with Crippen molar-refractivity contribution in [3.05, 3.63) is 93.4 Å². The molecule has 0 saturated carbocycles. The number of hydrogen-bond acceptors (Lipinski definition) is 6. The zero-order valence-corrected chi connectivity index (χ0v) is 17.8. The van der Waals surface area contributed by atoms with Gasteiger partial charge in [-0.1, -0.05) is 41.6 Å². The van der Waals surface area contributed by atoms with Gasteiger partial charge in [0.2, 0.25) is 0 Å². The van der Waals surface area contributed by atoms with Gasteiger partial charge in [0.15, 0.2) is 9.84 Å². The Kier molecular flexibility index (Phi) is 6.17. The summed E-state index contributed by atoms with van der Waals surface area (Å²) < 4.78 is 24.8. The summed E-state index contributed by atoms with van der Waals surface area (Å²) in [7, 11) is -1.77. The summed E-state index contributed by atoms with van der Waals surface area (Å²) in [6.07, 6.45) is 1.48. The van der Waals surface area contributed by atoms with Crippen LogP contribution in [0, 0.1) is 6.92 Å². The van der Waals surface area contributed by atoms with Gasteiger partial charge >= 0.3 is 0 Å². The zero-order chi connectivity index (χ0) is 21.9. The van der Waals surface area contributed by atoms with E-state index in [1.807, 2.05) is 31.2 Å². The molecule has 0 amide bonds. The predicted octanol–water partition coefficient (Wildman–Crippen LogP) is 2.89. The first kappa shape index (κ1) is 21.4. The molecule has 7 nitrogen and oxygen atoms in total. The van der Waals surface area contributed by atoms with E-state index in [9.17, 15) is 18.4 Å². The summed E-state index contributed by atoms with van der Waals surface area (Å²) in [5.41, 5.74) is 3.42. The van der Waals surface area contributed by atoms with E-state index in [0.29, 0.717) is 17.8 Å². The molecule has 3 aromatic rings. The van der Waals surface area contributed by atoms with E-state index in [-0.39, 0.29) is 16.4 Å². The molecule has 0 aliphatic heterocycles. The number of rotatable bonds is 6. The second-order valence-corrected chi connectivity index (χ2v) is 9.20. The van der Waals surface area contributed by atoms with Gasteiger partial charge in [-0.05, 0) is 41.8 Å². The van der Waals surface area contributed by atoms with E-state index in [2.05, 4.69) is 10.3 Å². The fourth-order valence-corrected chi connectivity index (χ4v) is 4.01. The number of aryl methyl sites for hydroxylation is 2. The highest BCUT2D eigenvalue weighted by Gasteiger charge is 2.22. The number of oxime groups is 1. The maximum absolute atomic E-state index is 11.8. The van der Waals surface area contributed by atoms with Crippen LogP contribution in [0.4, 0.5) is 0 Å². The standard InChI is InChI=1S/C22H23N3O4S/c1-15-6-4-5-7-18(15)19(16-8-10-17(11-9-16)30(3,28)29)14-21(24-27)20-12-13-22(26)25(2)23-20/h4-13,19,27H,14H2,1-3H3/t19-/m1/s1. The Hall–Kier alpha value is -3.26. The minimum absolute atomic E-state index is 0.204. The maximum Gasteiger partial charge on any atom is 0.266 e. The molecule has 156 valence electrons. The Bertz CT molecular complexity index is 1250. The van der Waals surface area contributed by atoms with Gasteiger partial charge in [-0.2, -0.15) is 5.10 Å². The molecule has 1 N–H and O–H groups in total. The van der Waals surface area contributed by atoms with Gasteiger partial charge in [0.1, 0.15) is 11.4 Å². The van der Waals surface area contributed by atoms with Crippen LogP contribution in [-0.4, -0.2) is 35.4 Å². The van der Waals surface area contributed by atoms with Gasteiger partial charge in [-0.3, -0.25) is 4.79 Å². The molecule has 1 aromatic heterocycles. The van der Waals surface area contributed by atoms with Crippen LogP contribution in [0.5, 0.6) is 0 Å². The molecule has 8 heteroatoms. The molecule has 1 atom stereocenters. The number of nitrogens with zero attached hydrogens (tertiary/aromatic N) is 3. The third kappa shape index (κ3) is 4.65. The zero-order valence-electron chi connectivity index (χ0n) is 17.0. The molecular formula is C22H23N3O4S. The van der Waals surface area contributed by atoms with Gasteiger partial charge in [0, 0.05) is 31.7 Å². The van der Waals surface area contributed by atoms with Crippen LogP contribution in [0.15, 0.2) is 75.5 Å². The largest absolute Gasteiger partial charge is 0.411 e. The van der Waals surface area contributed by atoms with Crippen molar-refractivity contribution >= 4 is 15.5 Å². The first-order chi connectivity index (χ1) is 14.2. The summed E-state index contributed by atoms with van der Waals surface area (Å²) in [5, 5.41) is 17.3. The molecule has 0 radical (unpaired) electrons. The topological polar surface area (TPSA) is 102 Å². The van der Waals surface area contributed by atoms with Crippen molar-refractivity contribution in [1.82, 2.24) is 9.78 Å². The van der Waals surface area contributed by atoms with Crippen LogP contribution in [0.3, 0.4) is 0 Å². The Morgan fingerprint density at radius 1 is 1.10 bits per heavy atom. The van der Waals surface area contributed by atoms with Crippen LogP contribution in [-0.2, 0) is 16.9 Å². The highest BCUT2D eigenvalue weighted by atomic mass is 32.2. The lowest BCUT2D eigenvalue weighted by Gasteiger charge is -2.21. The highest BCUT2D eigenvalue weighted by Crippen LogP contribution is 2.32. The molecule has 0 fully saturated rings. The molecule has 1 heterocycles. The molecule has 0 aliphatic carbocycles. The normalized spacial score (nSPS) is 13.2. The highest BCUT2D eigenvalue weighted by molar-refractivity contribution is 7.90. The van der Waals surface area contributed by atoms with E-state index < -0.39 is 9.84 Å². The molecule has 0 saturated heterocycles. The van der Waals surface area contributed by atoms with Gasteiger partial charge in [-0.15, -0.1) is 0 Å². The van der Waals surface area contributed by atoms with Crippen molar-refractivity contribution in [2.75, 3.05) is 6.26 Å². The molecule has 30 heavy (non-hydrogen) atoms. The third-order valence-electron chi connectivity index (χ3n) is 5.05. The minimum Gasteiger partial charge on any atom is -0.411 e. The van der Waals surface area contributed by atoms with Gasteiger partial charge in [0.05, 0.1) is 4.90 Å². The molecule has 0 bridgehead atoms. The van der Waals surface area contributed by atoms with E-state index in [1.165, 1.54) is 30.1 Å². The Labute approximate surface area is 175 Å². The SMILES string of the molecule is Cc1ccccc1[C@H](CC(=NO)c1ccc(=O)n(C)n1)c1ccc(S(C)(=O)=O)cc1. The molecule has 0 unspecified atom stereocenters. The lowest BCUT2D eigenvalue weighted by atomic mass is 9.84. The second-order valence-electron chi connectivity index (χ2n) is 7.18. The molecule has 0 aliphatic rings. The summed E-state index contributed by atoms with van der Waals surface area (Å²) >= 11 is 0. The maximum atomic E-state index is 11.8. The Balaban J connectivity index is 2.07. The van der Waals surface area contributed by atoms with Gasteiger partial charge in [-0.25, -0.2) is 13.1 Å². The number of benzene rings is 2. The van der Waals surface area contributed by atoms with Gasteiger partial charge in [0.25, 0.3) is 5.56 Å². The number of hydrogen-bond donors (Lipinski definition) is 1. The fourth-order valence-electron chi connectivity index (χ4n) is 3.38. The quantitative estimate of drug-likeness (QED) is 0.372. The molecule has 3 rings (SSSR count). The summed E-state index contributed by atoms with van der Waals surface area (Å²) in [4.78, 5) is 11.9. The Morgan fingerprint density at radius 3 is 2.33 bits per heavy atom. The number of aromatic nitrogens is 2. The molecular weight excluding hydrogens is 402 g/mol. The van der Waals surface area contributed by atoms with Crippen molar-refractivity contribution in [2.24, 2.45) is 12.2 Å². The Morgan fingerprint density at radius 2 is 1.77 bits per heavy atom. The van der Waals surface area contributed by atoms with Crippen molar-refractivity contribution in [1.29, 1.82) is 0 Å². The fraction of sp³-hybridized carbons (Fsp3) is 0.227. The van der Waals surface area contributed by atoms with Crippen molar-refractivity contribution in [3.63, 3.8) is 0 Å². The van der Waals surface area contributed by atoms with Crippen LogP contribution in [0.25, 0.3) is 0 Å². The summed E-state index contributed by atoms with van der Waals surface area (Å²) in [6, 6.07) is 17.5. The van der Waals surface area contributed by atoms with Crippen LogP contribution < -0.4 is 5.56 Å². The average molecular weight is 426 g/mol. The monoisotopic (exact) mass is 425 g/mol. The van der Waals surface area contributed by atoms with Crippen LogP contribution in [0.1, 0.15) is 34.7 Å². The van der Waals surface area contributed by atoms with Crippen LogP contribution in [0.2, 0.25) is 0 Å². The van der Waals surface area contributed by atoms with Crippen LogP contribution >= 0.6 is 0 Å². The van der Waals surface area contributed by atoms with Crippen molar-refractivity contribution < 1.29 is 13.6 Å². The average Bonchev–Trinajstić information content (AvgIpc) is 2.71. The van der Waals surface area contributed by atoms with Crippen molar-refractivity contribution in [2.45, 2.75) is 24.2 Å². The smallest absolute Gasteiger partial charge is 0.266 e. The lowest BCUT2D eigenvalue weighted by molar-refractivity contribution is 0.317. The van der Waals surface area contributed by atoms with Crippen molar-refractivity contribution in [3.8, 4) is 0 Å². The van der Waals surface area contributed by atoms with E-state index in [4.69, 9.17) is 0 Å². The van der Waals surface area contributed by atoms with E-state index in [1.54, 1.807) is 24.3 Å². The first-order valence-electron chi connectivity index (χ1n) is 9.32. The first-order valence-corrected chi connectivity index (χ1v) is 11.2. The number of sulfone groups is 1. The summed E-state index contributed by atoms with van der Waals surface area (Å²) in [5.74, 6) is -0.204. The van der Waals surface area contributed by atoms with E-state index in [0.717, 1.165) is 16.7 Å². The minimum atomic E-state index is -3.30. The summed E-state index contributed by atoms with van der Waals surface area (Å²) in [6.45, 7) is 1.99. The lowest BCUT2D eigenvalue weighted by Crippen LogP contribution is -2.22. The van der Waals surface area contributed by atoms with Gasteiger partial charge < -0.3 is 5.21 Å². The second kappa shape index (κ2) is 8.62. The molecule has 2 aromatic carbocycles. The van der Waals surface area contributed by atoms with E-state index >= 15 is 0 Å². The third-order valence-corrected chi connectivity index (χ3v) is 6.18. The predicted molar refractivity (Wildman–Crippen MR) is 115 cm³/mol.